The predicted octanol–water partition coefficient (Wildman–Crippen LogP) is 3.64. The molecule has 1 aromatic carbocycles. The van der Waals surface area contributed by atoms with Crippen molar-refractivity contribution < 1.29 is 9.15 Å². The lowest BCUT2D eigenvalue weighted by atomic mass is 10.1. The normalized spacial score (nSPS) is 10.8. The van der Waals surface area contributed by atoms with Gasteiger partial charge in [-0.25, -0.2) is 0 Å². The van der Waals surface area contributed by atoms with Crippen LogP contribution in [0.25, 0.3) is 11.3 Å². The second kappa shape index (κ2) is 4.82. The summed E-state index contributed by atoms with van der Waals surface area (Å²) in [5.41, 5.74) is 8.30. The van der Waals surface area contributed by atoms with Gasteiger partial charge in [0.2, 0.25) is 0 Å². The standard InChI is InChI=1S/C13H14ClNO2/c1-8-5-12(15)11(14)6-10(8)13-4-3-9(17-13)7-16-2/h3-6H,7,15H2,1-2H3. The number of methoxy groups -OCH3 is 1. The molecule has 0 aliphatic heterocycles. The molecule has 0 amide bonds. The Balaban J connectivity index is 2.41. The number of anilines is 1. The molecule has 0 saturated carbocycles. The molecule has 0 bridgehead atoms. The van der Waals surface area contributed by atoms with Crippen LogP contribution in [0, 0.1) is 6.92 Å². The summed E-state index contributed by atoms with van der Waals surface area (Å²) in [6, 6.07) is 7.46. The molecule has 0 spiro atoms. The number of nitrogens with two attached hydrogens (primary N) is 1. The van der Waals surface area contributed by atoms with E-state index in [4.69, 9.17) is 26.5 Å². The van der Waals surface area contributed by atoms with Crippen molar-refractivity contribution in [3.05, 3.63) is 40.6 Å². The first kappa shape index (κ1) is 12.0. The van der Waals surface area contributed by atoms with Crippen LogP contribution in [0.5, 0.6) is 0 Å². The van der Waals surface area contributed by atoms with Crippen molar-refractivity contribution in [3.8, 4) is 11.3 Å². The lowest BCUT2D eigenvalue weighted by Crippen LogP contribution is -1.90. The fourth-order valence-electron chi connectivity index (χ4n) is 1.71. The monoisotopic (exact) mass is 251 g/mol. The van der Waals surface area contributed by atoms with Gasteiger partial charge in [0, 0.05) is 12.7 Å². The minimum Gasteiger partial charge on any atom is -0.459 e. The summed E-state index contributed by atoms with van der Waals surface area (Å²) in [4.78, 5) is 0. The van der Waals surface area contributed by atoms with E-state index in [9.17, 15) is 0 Å². The molecule has 1 heterocycles. The summed E-state index contributed by atoms with van der Waals surface area (Å²) in [5, 5.41) is 0.537. The number of rotatable bonds is 3. The molecule has 17 heavy (non-hydrogen) atoms. The highest BCUT2D eigenvalue weighted by Gasteiger charge is 2.10. The van der Waals surface area contributed by atoms with Gasteiger partial charge in [-0.05, 0) is 36.8 Å². The molecular weight excluding hydrogens is 238 g/mol. The largest absolute Gasteiger partial charge is 0.459 e. The third-order valence-corrected chi connectivity index (χ3v) is 2.88. The smallest absolute Gasteiger partial charge is 0.134 e. The molecule has 4 heteroatoms. The molecule has 2 N–H and O–H groups in total. The van der Waals surface area contributed by atoms with Crippen LogP contribution >= 0.6 is 11.6 Å². The Morgan fingerprint density at radius 3 is 2.82 bits per heavy atom. The minimum atomic E-state index is 0.460. The molecule has 0 aliphatic rings. The zero-order chi connectivity index (χ0) is 12.4. The van der Waals surface area contributed by atoms with Gasteiger partial charge in [0.25, 0.3) is 0 Å². The van der Waals surface area contributed by atoms with E-state index in [2.05, 4.69) is 0 Å². The van der Waals surface area contributed by atoms with Crippen molar-refractivity contribution in [3.63, 3.8) is 0 Å². The molecular formula is C13H14ClNO2. The maximum atomic E-state index is 6.01. The van der Waals surface area contributed by atoms with E-state index in [-0.39, 0.29) is 0 Å². The summed E-state index contributed by atoms with van der Waals surface area (Å²) in [7, 11) is 1.63. The van der Waals surface area contributed by atoms with Gasteiger partial charge in [-0.1, -0.05) is 11.6 Å². The Morgan fingerprint density at radius 2 is 2.12 bits per heavy atom. The molecule has 0 atom stereocenters. The van der Waals surface area contributed by atoms with E-state index in [0.29, 0.717) is 17.3 Å². The Bertz CT molecular complexity index is 534. The third-order valence-electron chi connectivity index (χ3n) is 2.56. The van der Waals surface area contributed by atoms with Gasteiger partial charge in [0.15, 0.2) is 0 Å². The zero-order valence-corrected chi connectivity index (χ0v) is 10.5. The molecule has 0 saturated heterocycles. The van der Waals surface area contributed by atoms with Gasteiger partial charge in [-0.2, -0.15) is 0 Å². The van der Waals surface area contributed by atoms with Crippen LogP contribution in [0.2, 0.25) is 5.02 Å². The van der Waals surface area contributed by atoms with Crippen molar-refractivity contribution in [1.29, 1.82) is 0 Å². The van der Waals surface area contributed by atoms with Gasteiger partial charge in [0.1, 0.15) is 18.1 Å². The van der Waals surface area contributed by atoms with Crippen LogP contribution in [-0.4, -0.2) is 7.11 Å². The summed E-state index contributed by atoms with van der Waals surface area (Å²) < 4.78 is 10.7. The van der Waals surface area contributed by atoms with Gasteiger partial charge in [0.05, 0.1) is 10.7 Å². The first-order valence-electron chi connectivity index (χ1n) is 5.25. The first-order chi connectivity index (χ1) is 8.11. The molecule has 2 rings (SSSR count). The second-order valence-electron chi connectivity index (χ2n) is 3.89. The van der Waals surface area contributed by atoms with E-state index in [1.165, 1.54) is 0 Å². The molecule has 0 unspecified atom stereocenters. The summed E-state index contributed by atoms with van der Waals surface area (Å²) in [6.45, 7) is 2.43. The van der Waals surface area contributed by atoms with Crippen LogP contribution < -0.4 is 5.73 Å². The topological polar surface area (TPSA) is 48.4 Å². The number of aryl methyl sites for hydroxylation is 1. The van der Waals surface area contributed by atoms with E-state index in [0.717, 1.165) is 22.6 Å². The quantitative estimate of drug-likeness (QED) is 0.848. The van der Waals surface area contributed by atoms with E-state index >= 15 is 0 Å². The summed E-state index contributed by atoms with van der Waals surface area (Å²) in [6.07, 6.45) is 0. The van der Waals surface area contributed by atoms with Crippen molar-refractivity contribution >= 4 is 17.3 Å². The number of halogens is 1. The Labute approximate surface area is 105 Å². The third kappa shape index (κ3) is 2.46. The van der Waals surface area contributed by atoms with E-state index in [1.54, 1.807) is 7.11 Å². The summed E-state index contributed by atoms with van der Waals surface area (Å²) >= 11 is 6.01. The second-order valence-corrected chi connectivity index (χ2v) is 4.29. The lowest BCUT2D eigenvalue weighted by molar-refractivity contribution is 0.165. The highest BCUT2D eigenvalue weighted by Crippen LogP contribution is 2.31. The SMILES string of the molecule is COCc1ccc(-c2cc(Cl)c(N)cc2C)o1. The number of hydrogen-bond donors (Lipinski definition) is 1. The predicted molar refractivity (Wildman–Crippen MR) is 69.0 cm³/mol. The Kier molecular flexibility index (Phi) is 3.41. The number of furan rings is 1. The van der Waals surface area contributed by atoms with Crippen molar-refractivity contribution in [1.82, 2.24) is 0 Å². The van der Waals surface area contributed by atoms with Gasteiger partial charge < -0.3 is 14.9 Å². The number of nitrogen functional groups attached to an aromatic ring is 1. The Hall–Kier alpha value is -1.45. The number of benzene rings is 1. The number of hydrogen-bond acceptors (Lipinski definition) is 3. The fraction of sp³-hybridized carbons (Fsp3) is 0.231. The summed E-state index contributed by atoms with van der Waals surface area (Å²) in [5.74, 6) is 1.56. The van der Waals surface area contributed by atoms with Crippen LogP contribution in [0.1, 0.15) is 11.3 Å². The van der Waals surface area contributed by atoms with Crippen molar-refractivity contribution in [2.24, 2.45) is 0 Å². The molecule has 90 valence electrons. The Morgan fingerprint density at radius 1 is 1.35 bits per heavy atom. The van der Waals surface area contributed by atoms with Crippen LogP contribution in [0.3, 0.4) is 0 Å². The maximum absolute atomic E-state index is 6.01. The van der Waals surface area contributed by atoms with Crippen LogP contribution in [0.4, 0.5) is 5.69 Å². The minimum absolute atomic E-state index is 0.460. The van der Waals surface area contributed by atoms with E-state index < -0.39 is 0 Å². The maximum Gasteiger partial charge on any atom is 0.134 e. The van der Waals surface area contributed by atoms with Crippen molar-refractivity contribution in [2.45, 2.75) is 13.5 Å². The lowest BCUT2D eigenvalue weighted by Gasteiger charge is -2.06. The van der Waals surface area contributed by atoms with Crippen LogP contribution in [0.15, 0.2) is 28.7 Å². The van der Waals surface area contributed by atoms with Crippen molar-refractivity contribution in [2.75, 3.05) is 12.8 Å². The molecule has 0 radical (unpaired) electrons. The van der Waals surface area contributed by atoms with E-state index in [1.807, 2.05) is 31.2 Å². The molecule has 3 nitrogen and oxygen atoms in total. The van der Waals surface area contributed by atoms with Crippen LogP contribution in [-0.2, 0) is 11.3 Å². The average molecular weight is 252 g/mol. The fourth-order valence-corrected chi connectivity index (χ4v) is 1.88. The van der Waals surface area contributed by atoms with Gasteiger partial charge >= 0.3 is 0 Å². The average Bonchev–Trinajstić information content (AvgIpc) is 2.72. The first-order valence-corrected chi connectivity index (χ1v) is 5.63. The molecule has 0 fully saturated rings. The molecule has 1 aromatic heterocycles. The highest BCUT2D eigenvalue weighted by molar-refractivity contribution is 6.33. The molecule has 0 aliphatic carbocycles. The van der Waals surface area contributed by atoms with Gasteiger partial charge in [-0.15, -0.1) is 0 Å². The van der Waals surface area contributed by atoms with Gasteiger partial charge in [-0.3, -0.25) is 0 Å². The highest BCUT2D eigenvalue weighted by atomic mass is 35.5. The number of ether oxygens (including phenoxy) is 1. The zero-order valence-electron chi connectivity index (χ0n) is 9.79. The molecule has 2 aromatic rings.